The van der Waals surface area contributed by atoms with E-state index in [4.69, 9.17) is 10.2 Å². The van der Waals surface area contributed by atoms with Crippen molar-refractivity contribution in [2.45, 2.75) is 32.7 Å². The summed E-state index contributed by atoms with van der Waals surface area (Å²) in [5, 5.41) is 4.29. The first-order valence-electron chi connectivity index (χ1n) is 5.50. The zero-order valence-electron chi connectivity index (χ0n) is 9.69. The van der Waals surface area contributed by atoms with E-state index in [1.165, 1.54) is 5.56 Å². The molecule has 2 N–H and O–H groups in total. The Balaban J connectivity index is 1.98. The van der Waals surface area contributed by atoms with Crippen molar-refractivity contribution < 1.29 is 4.42 Å². The summed E-state index contributed by atoms with van der Waals surface area (Å²) in [5.41, 5.74) is 8.69. The number of hydrogen-bond donors (Lipinski definition) is 1. The molecule has 0 aliphatic carbocycles. The lowest BCUT2D eigenvalue weighted by molar-refractivity contribution is 0.495. The highest BCUT2D eigenvalue weighted by Gasteiger charge is 2.12. The molecule has 16 heavy (non-hydrogen) atoms. The van der Waals surface area contributed by atoms with Crippen molar-refractivity contribution in [2.75, 3.05) is 0 Å². The summed E-state index contributed by atoms with van der Waals surface area (Å²) in [4.78, 5) is 0. The highest BCUT2D eigenvalue weighted by atomic mass is 32.1. The van der Waals surface area contributed by atoms with Gasteiger partial charge in [-0.05, 0) is 55.1 Å². The molecule has 2 rings (SSSR count). The van der Waals surface area contributed by atoms with Gasteiger partial charge in [0, 0.05) is 11.6 Å². The second-order valence-electron chi connectivity index (χ2n) is 4.15. The minimum absolute atomic E-state index is 0.0809. The van der Waals surface area contributed by atoms with E-state index in [-0.39, 0.29) is 6.04 Å². The molecular weight excluding hydrogens is 218 g/mol. The summed E-state index contributed by atoms with van der Waals surface area (Å²) in [7, 11) is 0. The molecule has 2 nitrogen and oxygen atoms in total. The molecule has 1 unspecified atom stereocenters. The average Bonchev–Trinajstić information content (AvgIpc) is 2.84. The molecule has 0 aliphatic heterocycles. The van der Waals surface area contributed by atoms with Gasteiger partial charge in [0.1, 0.15) is 11.5 Å². The lowest BCUT2D eigenvalue weighted by atomic mass is 10.0. The van der Waals surface area contributed by atoms with Crippen molar-refractivity contribution in [3.8, 4) is 0 Å². The molecule has 0 fully saturated rings. The summed E-state index contributed by atoms with van der Waals surface area (Å²) in [6, 6.07) is 4.29. The van der Waals surface area contributed by atoms with Crippen LogP contribution in [0.25, 0.3) is 0 Å². The monoisotopic (exact) mass is 235 g/mol. The smallest absolute Gasteiger partial charge is 0.105 e. The molecule has 3 heteroatoms. The van der Waals surface area contributed by atoms with Crippen LogP contribution in [0.2, 0.25) is 0 Å². The average molecular weight is 235 g/mol. The molecule has 0 aromatic carbocycles. The normalized spacial score (nSPS) is 12.9. The summed E-state index contributed by atoms with van der Waals surface area (Å²) in [6.07, 6.45) is 2.00. The Morgan fingerprint density at radius 1 is 1.44 bits per heavy atom. The lowest BCUT2D eigenvalue weighted by Gasteiger charge is -2.09. The molecule has 86 valence electrons. The number of thiophene rings is 1. The van der Waals surface area contributed by atoms with Gasteiger partial charge in [-0.25, -0.2) is 0 Å². The number of aryl methyl sites for hydroxylation is 3. The van der Waals surface area contributed by atoms with Crippen molar-refractivity contribution in [3.05, 3.63) is 45.5 Å². The van der Waals surface area contributed by atoms with E-state index in [0.717, 1.165) is 29.9 Å². The van der Waals surface area contributed by atoms with Gasteiger partial charge in [-0.15, -0.1) is 0 Å². The van der Waals surface area contributed by atoms with Gasteiger partial charge in [0.05, 0.1) is 0 Å². The maximum Gasteiger partial charge on any atom is 0.105 e. The van der Waals surface area contributed by atoms with Gasteiger partial charge in [-0.3, -0.25) is 0 Å². The first-order chi connectivity index (χ1) is 7.66. The van der Waals surface area contributed by atoms with E-state index in [1.807, 2.05) is 19.9 Å². The third-order valence-corrected chi connectivity index (χ3v) is 3.54. The van der Waals surface area contributed by atoms with Crippen molar-refractivity contribution >= 4 is 11.3 Å². The Kier molecular flexibility index (Phi) is 3.46. The summed E-state index contributed by atoms with van der Waals surface area (Å²) in [6.45, 7) is 3.94. The maximum atomic E-state index is 6.17. The molecular formula is C13H17NOS. The summed E-state index contributed by atoms with van der Waals surface area (Å²) < 4.78 is 5.49. The second kappa shape index (κ2) is 4.85. The molecule has 1 atom stereocenters. The standard InChI is InChI=1S/C13H17NOS/c1-9-7-12(10(2)15-9)13(14)4-3-11-5-6-16-8-11/h5-8,13H,3-4,14H2,1-2H3. The molecule has 0 saturated heterocycles. The first-order valence-corrected chi connectivity index (χ1v) is 6.44. The van der Waals surface area contributed by atoms with E-state index >= 15 is 0 Å². The van der Waals surface area contributed by atoms with Crippen LogP contribution < -0.4 is 5.73 Å². The van der Waals surface area contributed by atoms with Crippen molar-refractivity contribution in [1.29, 1.82) is 0 Å². The molecule has 0 amide bonds. The molecule has 2 heterocycles. The molecule has 2 aromatic rings. The number of rotatable bonds is 4. The van der Waals surface area contributed by atoms with Crippen LogP contribution in [-0.4, -0.2) is 0 Å². The molecule has 0 saturated carbocycles. The maximum absolute atomic E-state index is 6.17. The van der Waals surface area contributed by atoms with Crippen molar-refractivity contribution in [2.24, 2.45) is 5.73 Å². The fraction of sp³-hybridized carbons (Fsp3) is 0.385. The van der Waals surface area contributed by atoms with Crippen LogP contribution >= 0.6 is 11.3 Å². The lowest BCUT2D eigenvalue weighted by Crippen LogP contribution is -2.11. The third kappa shape index (κ3) is 2.54. The Labute approximate surface area is 100 Å². The van der Waals surface area contributed by atoms with Crippen LogP contribution in [0.3, 0.4) is 0 Å². The third-order valence-electron chi connectivity index (χ3n) is 2.80. The Bertz CT molecular complexity index is 444. The van der Waals surface area contributed by atoms with Crippen LogP contribution in [0.4, 0.5) is 0 Å². The Morgan fingerprint density at radius 3 is 2.81 bits per heavy atom. The largest absolute Gasteiger partial charge is 0.466 e. The summed E-state index contributed by atoms with van der Waals surface area (Å²) >= 11 is 1.73. The summed E-state index contributed by atoms with van der Waals surface area (Å²) in [5.74, 6) is 1.90. The quantitative estimate of drug-likeness (QED) is 0.879. The van der Waals surface area contributed by atoms with E-state index in [1.54, 1.807) is 11.3 Å². The predicted octanol–water partition coefficient (Wildman–Crippen LogP) is 3.59. The van der Waals surface area contributed by atoms with Gasteiger partial charge in [0.25, 0.3) is 0 Å². The van der Waals surface area contributed by atoms with Crippen LogP contribution in [0.1, 0.15) is 35.1 Å². The molecule has 0 bridgehead atoms. The molecule has 2 aromatic heterocycles. The van der Waals surface area contributed by atoms with Gasteiger partial charge < -0.3 is 10.2 Å². The fourth-order valence-electron chi connectivity index (χ4n) is 1.93. The van der Waals surface area contributed by atoms with Crippen molar-refractivity contribution in [1.82, 2.24) is 0 Å². The Hall–Kier alpha value is -1.06. The predicted molar refractivity (Wildman–Crippen MR) is 67.8 cm³/mol. The van der Waals surface area contributed by atoms with Crippen LogP contribution in [0, 0.1) is 13.8 Å². The minimum atomic E-state index is 0.0809. The van der Waals surface area contributed by atoms with E-state index in [2.05, 4.69) is 16.8 Å². The topological polar surface area (TPSA) is 39.2 Å². The SMILES string of the molecule is Cc1cc(C(N)CCc2ccsc2)c(C)o1. The highest BCUT2D eigenvalue weighted by Crippen LogP contribution is 2.23. The highest BCUT2D eigenvalue weighted by molar-refractivity contribution is 7.07. The van der Waals surface area contributed by atoms with Crippen LogP contribution in [0.5, 0.6) is 0 Å². The van der Waals surface area contributed by atoms with Gasteiger partial charge in [0.2, 0.25) is 0 Å². The first kappa shape index (κ1) is 11.4. The zero-order chi connectivity index (χ0) is 11.5. The Morgan fingerprint density at radius 2 is 2.25 bits per heavy atom. The van der Waals surface area contributed by atoms with E-state index in [9.17, 15) is 0 Å². The van der Waals surface area contributed by atoms with Gasteiger partial charge in [0.15, 0.2) is 0 Å². The zero-order valence-corrected chi connectivity index (χ0v) is 10.5. The molecule has 0 spiro atoms. The van der Waals surface area contributed by atoms with Gasteiger partial charge >= 0.3 is 0 Å². The second-order valence-corrected chi connectivity index (χ2v) is 4.93. The fourth-order valence-corrected chi connectivity index (χ4v) is 2.63. The van der Waals surface area contributed by atoms with Gasteiger partial charge in [-0.1, -0.05) is 0 Å². The number of furan rings is 1. The minimum Gasteiger partial charge on any atom is -0.466 e. The van der Waals surface area contributed by atoms with Gasteiger partial charge in [-0.2, -0.15) is 11.3 Å². The van der Waals surface area contributed by atoms with Crippen LogP contribution in [0.15, 0.2) is 27.3 Å². The van der Waals surface area contributed by atoms with Crippen molar-refractivity contribution in [3.63, 3.8) is 0 Å². The van der Waals surface area contributed by atoms with E-state index < -0.39 is 0 Å². The van der Waals surface area contributed by atoms with Crippen LogP contribution in [-0.2, 0) is 6.42 Å². The molecule has 0 radical (unpaired) electrons. The number of hydrogen-bond acceptors (Lipinski definition) is 3. The number of nitrogens with two attached hydrogens (primary N) is 1. The van der Waals surface area contributed by atoms with E-state index in [0.29, 0.717) is 0 Å². The molecule has 0 aliphatic rings.